The van der Waals surface area contributed by atoms with Crippen molar-refractivity contribution < 1.29 is 21.6 Å². The molecule has 1 atom stereocenters. The zero-order chi connectivity index (χ0) is 23.6. The lowest BCUT2D eigenvalue weighted by Gasteiger charge is -2.33. The van der Waals surface area contributed by atoms with Crippen molar-refractivity contribution in [2.75, 3.05) is 6.26 Å². The van der Waals surface area contributed by atoms with Gasteiger partial charge in [-0.25, -0.2) is 13.4 Å². The summed E-state index contributed by atoms with van der Waals surface area (Å²) < 4.78 is 62.9. The summed E-state index contributed by atoms with van der Waals surface area (Å²) in [5.41, 5.74) is -0.281. The Hall–Kier alpha value is -2.34. The van der Waals surface area contributed by atoms with Crippen LogP contribution in [0, 0.1) is 11.8 Å². The van der Waals surface area contributed by atoms with Crippen LogP contribution in [0.5, 0.6) is 0 Å². The van der Waals surface area contributed by atoms with Crippen molar-refractivity contribution in [1.29, 1.82) is 0 Å². The van der Waals surface area contributed by atoms with Crippen LogP contribution in [0.25, 0.3) is 0 Å². The van der Waals surface area contributed by atoms with Gasteiger partial charge < -0.3 is 0 Å². The first-order chi connectivity index (χ1) is 13.8. The molecule has 0 N–H and O–H groups in total. The van der Waals surface area contributed by atoms with Gasteiger partial charge in [0.05, 0.1) is 16.9 Å². The van der Waals surface area contributed by atoms with Gasteiger partial charge in [0, 0.05) is 12.2 Å². The zero-order valence-corrected chi connectivity index (χ0v) is 19.3. The van der Waals surface area contributed by atoms with Crippen LogP contribution in [-0.4, -0.2) is 34.2 Å². The smallest absolute Gasteiger partial charge is 0.252 e. The summed E-state index contributed by atoms with van der Waals surface area (Å²) in [5.74, 6) is 4.77. The van der Waals surface area contributed by atoms with Crippen LogP contribution in [0.1, 0.15) is 58.6 Å². The maximum atomic E-state index is 12.7. The Kier molecular flexibility index (Phi) is 10.8. The van der Waals surface area contributed by atoms with Crippen molar-refractivity contribution in [2.45, 2.75) is 64.9 Å². The largest absolute Gasteiger partial charge is 0.416 e. The SMILES string of the molecule is CC.CC#CC.CC(C)(C(Cn1cncn1)c1ccc(C(F)(F)F)cc1)S(C)(=O)=O. The molecule has 5 nitrogen and oxygen atoms in total. The molecule has 0 aliphatic carbocycles. The van der Waals surface area contributed by atoms with Crippen LogP contribution >= 0.6 is 0 Å². The van der Waals surface area contributed by atoms with E-state index in [1.807, 2.05) is 27.7 Å². The molecule has 2 aromatic rings. The second kappa shape index (κ2) is 11.7. The van der Waals surface area contributed by atoms with Gasteiger partial charge in [-0.1, -0.05) is 26.0 Å². The molecule has 1 aromatic heterocycles. The van der Waals surface area contributed by atoms with Gasteiger partial charge in [0.2, 0.25) is 0 Å². The number of sulfone groups is 1. The lowest BCUT2D eigenvalue weighted by atomic mass is 9.87. The number of aromatic nitrogens is 3. The van der Waals surface area contributed by atoms with Gasteiger partial charge in [-0.05, 0) is 45.4 Å². The molecule has 30 heavy (non-hydrogen) atoms. The van der Waals surface area contributed by atoms with E-state index >= 15 is 0 Å². The summed E-state index contributed by atoms with van der Waals surface area (Å²) in [7, 11) is -3.48. The first-order valence-electron chi connectivity index (χ1n) is 9.37. The highest BCUT2D eigenvalue weighted by Gasteiger charge is 2.40. The molecule has 0 radical (unpaired) electrons. The molecule has 2 rings (SSSR count). The number of halogens is 3. The maximum absolute atomic E-state index is 12.7. The van der Waals surface area contributed by atoms with Crippen molar-refractivity contribution in [3.8, 4) is 11.8 Å². The first-order valence-corrected chi connectivity index (χ1v) is 11.3. The highest BCUT2D eigenvalue weighted by atomic mass is 32.2. The molecule has 0 spiro atoms. The van der Waals surface area contributed by atoms with Crippen molar-refractivity contribution in [1.82, 2.24) is 14.8 Å². The third-order valence-electron chi connectivity index (χ3n) is 4.52. The molecule has 0 amide bonds. The quantitative estimate of drug-likeness (QED) is 0.610. The number of benzene rings is 1. The zero-order valence-electron chi connectivity index (χ0n) is 18.4. The van der Waals surface area contributed by atoms with Crippen molar-refractivity contribution >= 4 is 9.84 Å². The number of rotatable bonds is 5. The molecule has 0 saturated heterocycles. The number of hydrogen-bond donors (Lipinski definition) is 0. The molecule has 1 heterocycles. The van der Waals surface area contributed by atoms with E-state index < -0.39 is 32.2 Å². The third kappa shape index (κ3) is 7.82. The number of alkyl halides is 3. The standard InChI is InChI=1S/C15H18F3N3O2S.C4H6.C2H6/c1-14(2,24(3,22)23)13(8-21-10-19-9-20-21)11-4-6-12(7-5-11)15(16,17)18;1-3-4-2;1-2/h4-7,9-10,13H,8H2,1-3H3;1-2H3;1-2H3. The maximum Gasteiger partial charge on any atom is 0.416 e. The van der Waals surface area contributed by atoms with Crippen LogP contribution in [-0.2, 0) is 22.6 Å². The Labute approximate surface area is 177 Å². The average molecular weight is 446 g/mol. The van der Waals surface area contributed by atoms with Crippen molar-refractivity contribution in [3.05, 3.63) is 48.0 Å². The highest BCUT2D eigenvalue weighted by Crippen LogP contribution is 2.37. The second-order valence-corrected chi connectivity index (χ2v) is 9.26. The van der Waals surface area contributed by atoms with Crippen molar-refractivity contribution in [2.24, 2.45) is 0 Å². The molecule has 9 heteroatoms. The molecule has 1 unspecified atom stereocenters. The van der Waals surface area contributed by atoms with Gasteiger partial charge in [0.25, 0.3) is 0 Å². The molecule has 0 bridgehead atoms. The minimum absolute atomic E-state index is 0.186. The molecule has 0 fully saturated rings. The predicted molar refractivity (Wildman–Crippen MR) is 114 cm³/mol. The molecule has 168 valence electrons. The summed E-state index contributed by atoms with van der Waals surface area (Å²) in [4.78, 5) is 3.81. The molecule has 0 aliphatic heterocycles. The molecular weight excluding hydrogens is 415 g/mol. The summed E-state index contributed by atoms with van der Waals surface area (Å²) in [6.07, 6.45) is -0.565. The Morgan fingerprint density at radius 1 is 1.07 bits per heavy atom. The Balaban J connectivity index is 0.00000125. The van der Waals surface area contributed by atoms with E-state index in [4.69, 9.17) is 0 Å². The fraction of sp³-hybridized carbons (Fsp3) is 0.524. The van der Waals surface area contributed by atoms with Gasteiger partial charge in [0.1, 0.15) is 12.7 Å². The summed E-state index contributed by atoms with van der Waals surface area (Å²) in [6, 6.07) is 4.55. The van der Waals surface area contributed by atoms with E-state index in [2.05, 4.69) is 21.9 Å². The molecule has 1 aromatic carbocycles. The normalized spacial score (nSPS) is 12.3. The van der Waals surface area contributed by atoms with Crippen LogP contribution in [0.3, 0.4) is 0 Å². The van der Waals surface area contributed by atoms with E-state index in [0.29, 0.717) is 5.56 Å². The predicted octanol–water partition coefficient (Wildman–Crippen LogP) is 4.96. The summed E-state index contributed by atoms with van der Waals surface area (Å²) in [6.45, 7) is 10.9. The van der Waals surface area contributed by atoms with Gasteiger partial charge >= 0.3 is 6.18 Å². The summed E-state index contributed by atoms with van der Waals surface area (Å²) >= 11 is 0. The van der Waals surface area contributed by atoms with Gasteiger partial charge in [0.15, 0.2) is 9.84 Å². The highest BCUT2D eigenvalue weighted by molar-refractivity contribution is 7.92. The molecule has 0 saturated carbocycles. The Bertz CT molecular complexity index is 903. The van der Waals surface area contributed by atoms with E-state index in [-0.39, 0.29) is 6.54 Å². The molecular formula is C21H30F3N3O2S. The second-order valence-electron chi connectivity index (χ2n) is 6.67. The fourth-order valence-electron chi connectivity index (χ4n) is 2.40. The number of hydrogen-bond acceptors (Lipinski definition) is 4. The lowest BCUT2D eigenvalue weighted by molar-refractivity contribution is -0.137. The van der Waals surface area contributed by atoms with Gasteiger partial charge in [-0.3, -0.25) is 4.68 Å². The average Bonchev–Trinajstić information content (AvgIpc) is 3.19. The summed E-state index contributed by atoms with van der Waals surface area (Å²) in [5, 5.41) is 3.96. The van der Waals surface area contributed by atoms with Crippen LogP contribution in [0.2, 0.25) is 0 Å². The lowest BCUT2D eigenvalue weighted by Crippen LogP contribution is -2.40. The van der Waals surface area contributed by atoms with Crippen LogP contribution in [0.15, 0.2) is 36.9 Å². The van der Waals surface area contributed by atoms with Crippen LogP contribution < -0.4 is 0 Å². The Morgan fingerprint density at radius 3 is 1.90 bits per heavy atom. The number of nitrogens with zero attached hydrogens (tertiary/aromatic N) is 3. The van der Waals surface area contributed by atoms with E-state index in [9.17, 15) is 21.6 Å². The Morgan fingerprint density at radius 2 is 1.57 bits per heavy atom. The topological polar surface area (TPSA) is 64.8 Å². The van der Waals surface area contributed by atoms with Gasteiger partial charge in [-0.2, -0.15) is 18.3 Å². The van der Waals surface area contributed by atoms with Crippen LogP contribution in [0.4, 0.5) is 13.2 Å². The van der Waals surface area contributed by atoms with E-state index in [0.717, 1.165) is 18.4 Å². The minimum Gasteiger partial charge on any atom is -0.252 e. The first kappa shape index (κ1) is 27.7. The fourth-order valence-corrected chi connectivity index (χ4v) is 3.13. The third-order valence-corrected chi connectivity index (χ3v) is 6.72. The molecule has 0 aliphatic rings. The monoisotopic (exact) mass is 445 g/mol. The van der Waals surface area contributed by atoms with E-state index in [1.54, 1.807) is 13.8 Å². The van der Waals surface area contributed by atoms with Crippen molar-refractivity contribution in [3.63, 3.8) is 0 Å². The minimum atomic E-state index is -4.44. The van der Waals surface area contributed by atoms with E-state index in [1.165, 1.54) is 29.5 Å². The van der Waals surface area contributed by atoms with Gasteiger partial charge in [-0.15, -0.1) is 11.8 Å².